The van der Waals surface area contributed by atoms with E-state index in [-0.39, 0.29) is 30.2 Å². The van der Waals surface area contributed by atoms with E-state index in [1.54, 1.807) is 0 Å². The summed E-state index contributed by atoms with van der Waals surface area (Å²) in [7, 11) is 1.50. The maximum absolute atomic E-state index is 12.4. The van der Waals surface area contributed by atoms with Crippen LogP contribution in [0, 0.1) is 0 Å². The van der Waals surface area contributed by atoms with Gasteiger partial charge in [-0.2, -0.15) is 0 Å². The number of carbonyl (C=O) groups is 3. The molecular weight excluding hydrogens is 344 g/mol. The molecule has 130 valence electrons. The first kappa shape index (κ1) is 17.2. The fraction of sp³-hybridized carbons (Fsp3) is 0.312. The number of imide groups is 1. The number of amides is 3. The molecule has 3 rings (SSSR count). The number of nitrogens with one attached hydrogen (secondary N) is 1. The van der Waals surface area contributed by atoms with Crippen molar-refractivity contribution in [2.75, 3.05) is 25.6 Å². The van der Waals surface area contributed by atoms with Gasteiger partial charge < -0.3 is 4.74 Å². The number of aryl methyl sites for hydroxylation is 1. The van der Waals surface area contributed by atoms with Crippen LogP contribution in [0.5, 0.6) is 0 Å². The molecule has 0 spiro atoms. The van der Waals surface area contributed by atoms with Crippen molar-refractivity contribution < 1.29 is 19.1 Å². The van der Waals surface area contributed by atoms with Crippen LogP contribution >= 0.6 is 11.3 Å². The van der Waals surface area contributed by atoms with E-state index in [4.69, 9.17) is 4.74 Å². The van der Waals surface area contributed by atoms with E-state index in [9.17, 15) is 14.4 Å². The largest absolute Gasteiger partial charge is 0.383 e. The quantitative estimate of drug-likeness (QED) is 0.785. The van der Waals surface area contributed by atoms with Gasteiger partial charge in [0.2, 0.25) is 5.13 Å². The van der Waals surface area contributed by atoms with Gasteiger partial charge in [0, 0.05) is 12.7 Å². The Morgan fingerprint density at radius 3 is 2.68 bits per heavy atom. The van der Waals surface area contributed by atoms with Gasteiger partial charge in [-0.1, -0.05) is 18.3 Å². The summed E-state index contributed by atoms with van der Waals surface area (Å²) in [6.07, 6.45) is 0.736. The molecule has 0 fully saturated rings. The summed E-state index contributed by atoms with van der Waals surface area (Å²) in [5.74, 6) is -1.20. The Hall–Kier alpha value is -2.65. The third-order valence-electron chi connectivity index (χ3n) is 3.74. The van der Waals surface area contributed by atoms with Gasteiger partial charge in [-0.15, -0.1) is 10.2 Å². The van der Waals surface area contributed by atoms with Crippen molar-refractivity contribution in [3.8, 4) is 0 Å². The number of methoxy groups -OCH3 is 1. The molecule has 25 heavy (non-hydrogen) atoms. The van der Waals surface area contributed by atoms with Gasteiger partial charge in [0.15, 0.2) is 0 Å². The maximum Gasteiger partial charge on any atom is 0.261 e. The zero-order chi connectivity index (χ0) is 18.0. The molecule has 1 N–H and O–H groups in total. The summed E-state index contributed by atoms with van der Waals surface area (Å²) in [6.45, 7) is 2.38. The molecular formula is C16H16N4O4S. The molecule has 9 heteroatoms. The van der Waals surface area contributed by atoms with Crippen LogP contribution in [-0.4, -0.2) is 53.1 Å². The molecule has 1 aliphatic rings. The Morgan fingerprint density at radius 1 is 1.24 bits per heavy atom. The molecule has 1 aliphatic heterocycles. The summed E-state index contributed by atoms with van der Waals surface area (Å²) in [5.41, 5.74) is 0.795. The summed E-state index contributed by atoms with van der Waals surface area (Å²) in [5, 5.41) is 11.7. The highest BCUT2D eigenvalue weighted by Crippen LogP contribution is 2.24. The van der Waals surface area contributed by atoms with Gasteiger partial charge in [-0.3, -0.25) is 24.6 Å². The number of carbonyl (C=O) groups excluding carboxylic acids is 3. The van der Waals surface area contributed by atoms with Gasteiger partial charge in [0.25, 0.3) is 17.7 Å². The Morgan fingerprint density at radius 2 is 2.00 bits per heavy atom. The minimum absolute atomic E-state index is 0.176. The van der Waals surface area contributed by atoms with E-state index in [0.717, 1.165) is 16.3 Å². The molecule has 0 atom stereocenters. The smallest absolute Gasteiger partial charge is 0.261 e. The second-order valence-corrected chi connectivity index (χ2v) is 6.39. The van der Waals surface area contributed by atoms with E-state index in [2.05, 4.69) is 15.5 Å². The van der Waals surface area contributed by atoms with E-state index >= 15 is 0 Å². The Bertz CT molecular complexity index is 848. The van der Waals surface area contributed by atoms with E-state index in [1.165, 1.54) is 36.6 Å². The lowest BCUT2D eigenvalue weighted by Gasteiger charge is -2.12. The lowest BCUT2D eigenvalue weighted by atomic mass is 10.1. The van der Waals surface area contributed by atoms with Crippen molar-refractivity contribution in [1.82, 2.24) is 15.1 Å². The van der Waals surface area contributed by atoms with E-state index in [0.29, 0.717) is 10.7 Å². The van der Waals surface area contributed by atoms with Gasteiger partial charge in [-0.25, -0.2) is 0 Å². The van der Waals surface area contributed by atoms with Crippen LogP contribution < -0.4 is 5.32 Å². The highest BCUT2D eigenvalue weighted by molar-refractivity contribution is 7.15. The van der Waals surface area contributed by atoms with Gasteiger partial charge in [-0.05, 0) is 24.6 Å². The lowest BCUT2D eigenvalue weighted by Crippen LogP contribution is -2.32. The number of aromatic nitrogens is 2. The van der Waals surface area contributed by atoms with Crippen LogP contribution in [0.2, 0.25) is 0 Å². The number of rotatable bonds is 6. The SMILES string of the molecule is CCc1nnc(NC(=O)c2ccc3c(c2)C(=O)N(CCOC)C3=O)s1. The van der Waals surface area contributed by atoms with Crippen LogP contribution in [0.4, 0.5) is 5.13 Å². The van der Waals surface area contributed by atoms with Crippen molar-refractivity contribution >= 4 is 34.2 Å². The topological polar surface area (TPSA) is 101 Å². The van der Waals surface area contributed by atoms with Crippen LogP contribution in [0.25, 0.3) is 0 Å². The van der Waals surface area contributed by atoms with E-state index < -0.39 is 11.8 Å². The molecule has 1 aromatic carbocycles. The second-order valence-electron chi connectivity index (χ2n) is 5.32. The minimum Gasteiger partial charge on any atom is -0.383 e. The minimum atomic E-state index is -0.420. The fourth-order valence-electron chi connectivity index (χ4n) is 2.43. The average Bonchev–Trinajstić information content (AvgIpc) is 3.16. The number of fused-ring (bicyclic) bond motifs is 1. The molecule has 0 aliphatic carbocycles. The van der Waals surface area contributed by atoms with Crippen molar-refractivity contribution in [1.29, 1.82) is 0 Å². The van der Waals surface area contributed by atoms with Crippen LogP contribution in [0.1, 0.15) is 43.0 Å². The van der Waals surface area contributed by atoms with Crippen LogP contribution in [0.3, 0.4) is 0 Å². The monoisotopic (exact) mass is 360 g/mol. The highest BCUT2D eigenvalue weighted by atomic mass is 32.1. The maximum atomic E-state index is 12.4. The Balaban J connectivity index is 1.80. The standard InChI is InChI=1S/C16H16N4O4S/c1-3-12-18-19-16(25-12)17-13(21)9-4-5-10-11(8-9)15(23)20(14(10)22)6-7-24-2/h4-5,8H,3,6-7H2,1-2H3,(H,17,19,21). The van der Waals surface area contributed by atoms with Crippen molar-refractivity contribution in [3.05, 3.63) is 39.9 Å². The molecule has 0 bridgehead atoms. The molecule has 3 amide bonds. The average molecular weight is 360 g/mol. The van der Waals surface area contributed by atoms with Gasteiger partial charge in [0.1, 0.15) is 5.01 Å². The molecule has 0 saturated carbocycles. The summed E-state index contributed by atoms with van der Waals surface area (Å²) in [4.78, 5) is 38.1. The molecule has 0 unspecified atom stereocenters. The Kier molecular flexibility index (Phi) is 4.86. The molecule has 2 aromatic rings. The first-order valence-electron chi connectivity index (χ1n) is 7.68. The third kappa shape index (κ3) is 3.28. The van der Waals surface area contributed by atoms with Crippen LogP contribution in [-0.2, 0) is 11.2 Å². The third-order valence-corrected chi connectivity index (χ3v) is 4.72. The predicted octanol–water partition coefficient (Wildman–Crippen LogP) is 1.60. The number of nitrogens with zero attached hydrogens (tertiary/aromatic N) is 3. The summed E-state index contributed by atoms with van der Waals surface area (Å²) < 4.78 is 4.92. The van der Waals surface area contributed by atoms with Crippen molar-refractivity contribution in [2.24, 2.45) is 0 Å². The predicted molar refractivity (Wildman–Crippen MR) is 90.9 cm³/mol. The number of anilines is 1. The first-order chi connectivity index (χ1) is 12.0. The number of ether oxygens (including phenoxy) is 1. The molecule has 2 heterocycles. The van der Waals surface area contributed by atoms with Gasteiger partial charge in [0.05, 0.1) is 24.3 Å². The Labute approximate surface area is 147 Å². The van der Waals surface area contributed by atoms with Crippen molar-refractivity contribution in [2.45, 2.75) is 13.3 Å². The summed E-state index contributed by atoms with van der Waals surface area (Å²) in [6, 6.07) is 4.44. The first-order valence-corrected chi connectivity index (χ1v) is 8.49. The number of benzene rings is 1. The summed E-state index contributed by atoms with van der Waals surface area (Å²) >= 11 is 1.29. The highest BCUT2D eigenvalue weighted by Gasteiger charge is 2.35. The molecule has 0 saturated heterocycles. The zero-order valence-corrected chi connectivity index (χ0v) is 14.6. The van der Waals surface area contributed by atoms with Crippen LogP contribution in [0.15, 0.2) is 18.2 Å². The fourth-order valence-corrected chi connectivity index (χ4v) is 3.11. The second kappa shape index (κ2) is 7.08. The molecule has 0 radical (unpaired) electrons. The number of hydrogen-bond acceptors (Lipinski definition) is 7. The van der Waals surface area contributed by atoms with Gasteiger partial charge >= 0.3 is 0 Å². The normalized spacial score (nSPS) is 13.3. The molecule has 1 aromatic heterocycles. The van der Waals surface area contributed by atoms with E-state index in [1.807, 2.05) is 6.92 Å². The molecule has 8 nitrogen and oxygen atoms in total. The zero-order valence-electron chi connectivity index (χ0n) is 13.7. The van der Waals surface area contributed by atoms with Crippen molar-refractivity contribution in [3.63, 3.8) is 0 Å². The lowest BCUT2D eigenvalue weighted by molar-refractivity contribution is 0.0603. The number of hydrogen-bond donors (Lipinski definition) is 1.